The van der Waals surface area contributed by atoms with Crippen LogP contribution in [-0.4, -0.2) is 4.98 Å². The van der Waals surface area contributed by atoms with Gasteiger partial charge in [0.1, 0.15) is 5.82 Å². The molecular weight excluding hydrogens is 461 g/mol. The Morgan fingerprint density at radius 2 is 1.17 bits per heavy atom. The van der Waals surface area contributed by atoms with E-state index in [1.165, 1.54) is 37.7 Å². The zero-order valence-corrected chi connectivity index (χ0v) is 20.1. The van der Waals surface area contributed by atoms with Gasteiger partial charge < -0.3 is 0 Å². The molecule has 0 aliphatic rings. The first-order chi connectivity index (χ1) is 17.7. The number of fused-ring (bicyclic) bond motifs is 4. The van der Waals surface area contributed by atoms with Crippen LogP contribution in [0.1, 0.15) is 0 Å². The number of halogens is 1. The van der Waals surface area contributed by atoms with Crippen LogP contribution in [0.3, 0.4) is 0 Å². The highest BCUT2D eigenvalue weighted by Crippen LogP contribution is 2.36. The molecule has 1 nitrogen and oxygen atoms in total. The van der Waals surface area contributed by atoms with Crippen LogP contribution in [0.4, 0.5) is 4.39 Å². The van der Waals surface area contributed by atoms with Crippen molar-refractivity contribution < 1.29 is 4.39 Å². The van der Waals surface area contributed by atoms with Crippen molar-refractivity contribution in [1.29, 1.82) is 0 Å². The fourth-order valence-electron chi connectivity index (χ4n) is 4.87. The molecule has 36 heavy (non-hydrogen) atoms. The summed E-state index contributed by atoms with van der Waals surface area (Å²) in [6, 6.07) is 38.9. The minimum Gasteiger partial charge on any atom is -0.256 e. The number of benzene rings is 5. The molecule has 0 fully saturated rings. The van der Waals surface area contributed by atoms with Crippen molar-refractivity contribution in [3.8, 4) is 33.5 Å². The van der Waals surface area contributed by atoms with Gasteiger partial charge in [-0.05, 0) is 76.0 Å². The number of thiophene rings is 1. The lowest BCUT2D eigenvalue weighted by molar-refractivity contribution is 0.628. The smallest absolute Gasteiger partial charge is 0.123 e. The predicted octanol–water partition coefficient (Wildman–Crippen LogP) is 9.74. The van der Waals surface area contributed by atoms with Gasteiger partial charge in [-0.15, -0.1) is 11.3 Å². The molecule has 2 heterocycles. The molecule has 0 N–H and O–H groups in total. The first kappa shape index (κ1) is 21.0. The van der Waals surface area contributed by atoms with Gasteiger partial charge in [-0.25, -0.2) is 4.39 Å². The largest absolute Gasteiger partial charge is 0.256 e. The Morgan fingerprint density at radius 3 is 1.94 bits per heavy atom. The normalized spacial score (nSPS) is 11.5. The van der Waals surface area contributed by atoms with Crippen LogP contribution in [-0.2, 0) is 0 Å². The number of nitrogens with zero attached hydrogens (tertiary/aromatic N) is 1. The highest BCUT2D eigenvalue weighted by Gasteiger charge is 2.08. The fraction of sp³-hybridized carbons (Fsp3) is 0. The molecule has 170 valence electrons. The SMILES string of the molecule is Fc1ccc(-c2ccc3ccc(-c4ccc(-c5ccc6sc7ccccc7c6c5)nc4)cc3c2)cc1. The van der Waals surface area contributed by atoms with Crippen molar-refractivity contribution in [2.75, 3.05) is 0 Å². The molecule has 0 saturated heterocycles. The quantitative estimate of drug-likeness (QED) is 0.245. The Bertz CT molecular complexity index is 1880. The standard InChI is InChI=1S/C33H20FNS/c34-28-13-9-21(10-14-28)23-7-5-22-6-8-24(18-27(22)17-23)26-11-15-31(35-20-26)25-12-16-33-30(19-25)29-3-1-2-4-32(29)36-33/h1-20H. The molecule has 0 unspecified atom stereocenters. The average Bonchev–Trinajstić information content (AvgIpc) is 3.31. The fourth-order valence-corrected chi connectivity index (χ4v) is 5.96. The maximum atomic E-state index is 13.3. The first-order valence-corrected chi connectivity index (χ1v) is 12.7. The second-order valence-electron chi connectivity index (χ2n) is 9.02. The Balaban J connectivity index is 1.23. The lowest BCUT2D eigenvalue weighted by Crippen LogP contribution is -1.86. The van der Waals surface area contributed by atoms with E-state index in [-0.39, 0.29) is 5.82 Å². The van der Waals surface area contributed by atoms with Crippen molar-refractivity contribution in [1.82, 2.24) is 4.98 Å². The van der Waals surface area contributed by atoms with Crippen molar-refractivity contribution in [2.45, 2.75) is 0 Å². The summed E-state index contributed by atoms with van der Waals surface area (Å²) >= 11 is 1.83. The van der Waals surface area contributed by atoms with Crippen LogP contribution in [0, 0.1) is 5.82 Å². The second-order valence-corrected chi connectivity index (χ2v) is 10.1. The van der Waals surface area contributed by atoms with Crippen molar-refractivity contribution in [3.05, 3.63) is 127 Å². The van der Waals surface area contributed by atoms with E-state index in [9.17, 15) is 4.39 Å². The molecule has 7 aromatic rings. The zero-order valence-electron chi connectivity index (χ0n) is 19.3. The molecule has 0 aliphatic heterocycles. The maximum Gasteiger partial charge on any atom is 0.123 e. The van der Waals surface area contributed by atoms with Crippen molar-refractivity contribution in [3.63, 3.8) is 0 Å². The van der Waals surface area contributed by atoms with Gasteiger partial charge in [-0.3, -0.25) is 4.98 Å². The number of pyridine rings is 1. The first-order valence-electron chi connectivity index (χ1n) is 11.9. The number of hydrogen-bond acceptors (Lipinski definition) is 2. The molecule has 0 saturated carbocycles. The lowest BCUT2D eigenvalue weighted by atomic mass is 9.98. The van der Waals surface area contributed by atoms with Gasteiger partial charge in [0.15, 0.2) is 0 Å². The highest BCUT2D eigenvalue weighted by molar-refractivity contribution is 7.25. The van der Waals surface area contributed by atoms with E-state index < -0.39 is 0 Å². The third kappa shape index (κ3) is 3.65. The summed E-state index contributed by atoms with van der Waals surface area (Å²) in [7, 11) is 0. The highest BCUT2D eigenvalue weighted by atomic mass is 32.1. The Morgan fingerprint density at radius 1 is 0.500 bits per heavy atom. The monoisotopic (exact) mass is 481 g/mol. The van der Waals surface area contributed by atoms with E-state index in [2.05, 4.69) is 91.0 Å². The van der Waals surface area contributed by atoms with Crippen molar-refractivity contribution >= 4 is 42.3 Å². The van der Waals surface area contributed by atoms with E-state index in [1.807, 2.05) is 29.7 Å². The molecule has 2 aromatic heterocycles. The molecule has 0 radical (unpaired) electrons. The molecule has 7 rings (SSSR count). The summed E-state index contributed by atoms with van der Waals surface area (Å²) in [5.41, 5.74) is 6.37. The van der Waals surface area contributed by atoms with E-state index in [0.29, 0.717) is 0 Å². The Kier molecular flexibility index (Phi) is 4.90. The minimum absolute atomic E-state index is 0.221. The van der Waals surface area contributed by atoms with Crippen LogP contribution in [0.5, 0.6) is 0 Å². The van der Waals surface area contributed by atoms with Crippen LogP contribution >= 0.6 is 11.3 Å². The van der Waals surface area contributed by atoms with Gasteiger partial charge in [0.05, 0.1) is 5.69 Å². The van der Waals surface area contributed by atoms with E-state index >= 15 is 0 Å². The molecule has 0 bridgehead atoms. The summed E-state index contributed by atoms with van der Waals surface area (Å²) < 4.78 is 16.0. The average molecular weight is 482 g/mol. The van der Waals surface area contributed by atoms with Crippen LogP contribution in [0.15, 0.2) is 121 Å². The van der Waals surface area contributed by atoms with Crippen LogP contribution < -0.4 is 0 Å². The molecule has 0 spiro atoms. The van der Waals surface area contributed by atoms with E-state index in [0.717, 1.165) is 38.9 Å². The number of aromatic nitrogens is 1. The van der Waals surface area contributed by atoms with Gasteiger partial charge in [0, 0.05) is 37.5 Å². The summed E-state index contributed by atoms with van der Waals surface area (Å²) in [4.78, 5) is 4.82. The van der Waals surface area contributed by atoms with Gasteiger partial charge in [0.2, 0.25) is 0 Å². The summed E-state index contributed by atoms with van der Waals surface area (Å²) in [5, 5.41) is 4.90. The molecule has 5 aromatic carbocycles. The minimum atomic E-state index is -0.221. The van der Waals surface area contributed by atoms with Gasteiger partial charge >= 0.3 is 0 Å². The zero-order chi connectivity index (χ0) is 24.1. The topological polar surface area (TPSA) is 12.9 Å². The Hall–Kier alpha value is -4.34. The lowest BCUT2D eigenvalue weighted by Gasteiger charge is -2.08. The molecule has 0 amide bonds. The van der Waals surface area contributed by atoms with Crippen LogP contribution in [0.25, 0.3) is 64.5 Å². The van der Waals surface area contributed by atoms with Gasteiger partial charge in [-0.1, -0.05) is 66.7 Å². The summed E-state index contributed by atoms with van der Waals surface area (Å²) in [6.45, 7) is 0. The molecule has 0 atom stereocenters. The van der Waals surface area contributed by atoms with Crippen LogP contribution in [0.2, 0.25) is 0 Å². The van der Waals surface area contributed by atoms with Crippen molar-refractivity contribution in [2.24, 2.45) is 0 Å². The maximum absolute atomic E-state index is 13.3. The predicted molar refractivity (Wildman–Crippen MR) is 151 cm³/mol. The Labute approximate surface area is 212 Å². The van der Waals surface area contributed by atoms with Gasteiger partial charge in [-0.2, -0.15) is 0 Å². The summed E-state index contributed by atoms with van der Waals surface area (Å²) in [6.07, 6.45) is 1.95. The summed E-state index contributed by atoms with van der Waals surface area (Å²) in [5.74, 6) is -0.221. The van der Waals surface area contributed by atoms with Gasteiger partial charge in [0.25, 0.3) is 0 Å². The van der Waals surface area contributed by atoms with E-state index in [1.54, 1.807) is 0 Å². The number of hydrogen-bond donors (Lipinski definition) is 0. The number of rotatable bonds is 3. The molecular formula is C33H20FNS. The molecule has 3 heteroatoms. The second kappa shape index (κ2) is 8.40. The molecule has 0 aliphatic carbocycles. The van der Waals surface area contributed by atoms with E-state index in [4.69, 9.17) is 4.98 Å². The third-order valence-electron chi connectivity index (χ3n) is 6.79. The third-order valence-corrected chi connectivity index (χ3v) is 7.94.